The van der Waals surface area contributed by atoms with Crippen LogP contribution in [0.2, 0.25) is 0 Å². The van der Waals surface area contributed by atoms with Gasteiger partial charge in [-0.15, -0.1) is 0 Å². The first-order valence-electron chi connectivity index (χ1n) is 8.49. The lowest BCUT2D eigenvalue weighted by Crippen LogP contribution is -2.53. The van der Waals surface area contributed by atoms with Crippen molar-refractivity contribution in [3.8, 4) is 0 Å². The van der Waals surface area contributed by atoms with E-state index in [1.165, 1.54) is 0 Å². The van der Waals surface area contributed by atoms with E-state index < -0.39 is 35.8 Å². The number of hydrogen-bond donors (Lipinski definition) is 6. The molecule has 1 aromatic carbocycles. The standard InChI is InChI=1S/C18H21N5O5/c19-8-11(24)5-6-14(17(26)27)22-16(25)15(23-18(20)28)7-10-9-21-13-4-2-1-3-12(10)13/h1-4,8-9,14-15,19,21H,5-7H2,(H,22,25)(H,26,27)(H3,20,23,28)/t14-,15-/m0/s1. The smallest absolute Gasteiger partial charge is 0.326 e. The van der Waals surface area contributed by atoms with E-state index in [9.17, 15) is 24.3 Å². The summed E-state index contributed by atoms with van der Waals surface area (Å²) in [5, 5.41) is 21.6. The third-order valence-electron chi connectivity index (χ3n) is 4.19. The largest absolute Gasteiger partial charge is 0.480 e. The van der Waals surface area contributed by atoms with Crippen molar-refractivity contribution < 1.29 is 24.3 Å². The number of nitrogens with one attached hydrogen (secondary N) is 4. The number of Topliss-reactive ketones (excluding diaryl/α,β-unsaturated/α-hetero) is 1. The van der Waals surface area contributed by atoms with E-state index in [0.717, 1.165) is 16.5 Å². The Hall–Kier alpha value is -3.69. The van der Waals surface area contributed by atoms with Gasteiger partial charge in [0.2, 0.25) is 5.91 Å². The van der Waals surface area contributed by atoms with E-state index in [4.69, 9.17) is 11.1 Å². The van der Waals surface area contributed by atoms with Gasteiger partial charge in [0.05, 0.1) is 6.21 Å². The summed E-state index contributed by atoms with van der Waals surface area (Å²) in [5.41, 5.74) is 6.75. The van der Waals surface area contributed by atoms with Crippen molar-refractivity contribution in [3.05, 3.63) is 36.0 Å². The van der Waals surface area contributed by atoms with Crippen LogP contribution in [0.1, 0.15) is 18.4 Å². The third-order valence-corrected chi connectivity index (χ3v) is 4.19. The molecule has 1 heterocycles. The van der Waals surface area contributed by atoms with Crippen molar-refractivity contribution in [1.82, 2.24) is 15.6 Å². The number of carbonyl (C=O) groups is 4. The Morgan fingerprint density at radius 2 is 1.89 bits per heavy atom. The van der Waals surface area contributed by atoms with Gasteiger partial charge in [0.15, 0.2) is 5.78 Å². The zero-order valence-corrected chi connectivity index (χ0v) is 14.9. The van der Waals surface area contributed by atoms with Crippen LogP contribution < -0.4 is 16.4 Å². The molecule has 7 N–H and O–H groups in total. The third kappa shape index (κ3) is 5.40. The van der Waals surface area contributed by atoms with Gasteiger partial charge in [-0.3, -0.25) is 9.59 Å². The fourth-order valence-corrected chi connectivity index (χ4v) is 2.79. The predicted octanol–water partition coefficient (Wildman–Crippen LogP) is 0.316. The van der Waals surface area contributed by atoms with Gasteiger partial charge in [0.1, 0.15) is 12.1 Å². The molecule has 0 aliphatic carbocycles. The highest BCUT2D eigenvalue weighted by atomic mass is 16.4. The maximum Gasteiger partial charge on any atom is 0.326 e. The minimum Gasteiger partial charge on any atom is -0.480 e. The van der Waals surface area contributed by atoms with Crippen LogP contribution in [0, 0.1) is 5.41 Å². The second kappa shape index (κ2) is 9.31. The lowest BCUT2D eigenvalue weighted by atomic mass is 10.0. The molecule has 0 radical (unpaired) electrons. The fourth-order valence-electron chi connectivity index (χ4n) is 2.79. The molecule has 3 amide bonds. The molecular weight excluding hydrogens is 366 g/mol. The molecule has 10 heteroatoms. The van der Waals surface area contributed by atoms with Crippen LogP contribution in [0.4, 0.5) is 4.79 Å². The summed E-state index contributed by atoms with van der Waals surface area (Å²) in [4.78, 5) is 49.5. The van der Waals surface area contributed by atoms with E-state index in [1.54, 1.807) is 6.20 Å². The van der Waals surface area contributed by atoms with Crippen LogP contribution in [-0.4, -0.2) is 52.1 Å². The highest BCUT2D eigenvalue weighted by Gasteiger charge is 2.27. The number of rotatable bonds is 10. The zero-order chi connectivity index (χ0) is 20.7. The molecule has 0 saturated heterocycles. The molecule has 0 saturated carbocycles. The monoisotopic (exact) mass is 387 g/mol. The van der Waals surface area contributed by atoms with E-state index >= 15 is 0 Å². The molecule has 28 heavy (non-hydrogen) atoms. The maximum absolute atomic E-state index is 12.6. The number of carbonyl (C=O) groups excluding carboxylic acids is 3. The number of aromatic amines is 1. The van der Waals surface area contributed by atoms with Crippen molar-refractivity contribution in [1.29, 1.82) is 5.41 Å². The zero-order valence-electron chi connectivity index (χ0n) is 14.9. The Labute approximate surface area is 160 Å². The van der Waals surface area contributed by atoms with Crippen molar-refractivity contribution >= 4 is 40.8 Å². The number of para-hydroxylation sites is 1. The van der Waals surface area contributed by atoms with Crippen LogP contribution in [0.25, 0.3) is 10.9 Å². The van der Waals surface area contributed by atoms with Gasteiger partial charge in [-0.25, -0.2) is 9.59 Å². The number of ketones is 1. The first-order chi connectivity index (χ1) is 13.3. The summed E-state index contributed by atoms with van der Waals surface area (Å²) >= 11 is 0. The first kappa shape index (κ1) is 20.6. The van der Waals surface area contributed by atoms with Gasteiger partial charge in [-0.05, 0) is 18.1 Å². The molecule has 0 bridgehead atoms. The average molecular weight is 387 g/mol. The molecule has 0 aliphatic rings. The number of aliphatic carboxylic acids is 1. The fraction of sp³-hybridized carbons (Fsp3) is 0.278. The molecule has 148 valence electrons. The molecule has 0 fully saturated rings. The van der Waals surface area contributed by atoms with Crippen molar-refractivity contribution in [2.24, 2.45) is 5.73 Å². The van der Waals surface area contributed by atoms with Crippen molar-refractivity contribution in [3.63, 3.8) is 0 Å². The summed E-state index contributed by atoms with van der Waals surface area (Å²) in [6.45, 7) is 0. The number of benzene rings is 1. The quantitative estimate of drug-likeness (QED) is 0.321. The Morgan fingerprint density at radius 3 is 2.54 bits per heavy atom. The Kier molecular flexibility index (Phi) is 6.85. The lowest BCUT2D eigenvalue weighted by molar-refractivity contribution is -0.142. The SMILES string of the molecule is N=CC(=O)CC[C@H](NC(=O)[C@H](Cc1c[nH]c2ccccc12)NC(N)=O)C(=O)O. The highest BCUT2D eigenvalue weighted by molar-refractivity contribution is 6.26. The van der Waals surface area contributed by atoms with Gasteiger partial charge < -0.3 is 31.9 Å². The number of H-pyrrole nitrogens is 1. The predicted molar refractivity (Wildman–Crippen MR) is 101 cm³/mol. The van der Waals surface area contributed by atoms with E-state index in [2.05, 4.69) is 15.6 Å². The summed E-state index contributed by atoms with van der Waals surface area (Å²) < 4.78 is 0. The molecule has 0 unspecified atom stereocenters. The molecule has 2 aromatic rings. The van der Waals surface area contributed by atoms with Gasteiger partial charge in [-0.2, -0.15) is 0 Å². The van der Waals surface area contributed by atoms with Gasteiger partial charge >= 0.3 is 12.0 Å². The Morgan fingerprint density at radius 1 is 1.18 bits per heavy atom. The van der Waals surface area contributed by atoms with Crippen molar-refractivity contribution in [2.45, 2.75) is 31.3 Å². The molecule has 10 nitrogen and oxygen atoms in total. The van der Waals surface area contributed by atoms with Gasteiger partial charge in [0.25, 0.3) is 0 Å². The topological polar surface area (TPSA) is 178 Å². The molecule has 2 rings (SSSR count). The Bertz CT molecular complexity index is 907. The number of carboxylic acids is 1. The summed E-state index contributed by atoms with van der Waals surface area (Å²) in [6.07, 6.45) is 2.01. The number of carboxylic acid groups (broad SMARTS) is 1. The number of urea groups is 1. The number of primary amides is 1. The Balaban J connectivity index is 2.15. The number of hydrogen-bond acceptors (Lipinski definition) is 5. The molecule has 1 aromatic heterocycles. The molecule has 0 spiro atoms. The summed E-state index contributed by atoms with van der Waals surface area (Å²) in [5.74, 6) is -2.61. The van der Waals surface area contributed by atoms with E-state index in [0.29, 0.717) is 6.21 Å². The number of nitrogens with two attached hydrogens (primary N) is 1. The van der Waals surface area contributed by atoms with Crippen LogP contribution in [0.5, 0.6) is 0 Å². The van der Waals surface area contributed by atoms with Crippen LogP contribution >= 0.6 is 0 Å². The lowest BCUT2D eigenvalue weighted by Gasteiger charge is -2.20. The van der Waals surface area contributed by atoms with Crippen LogP contribution in [-0.2, 0) is 20.8 Å². The second-order valence-corrected chi connectivity index (χ2v) is 6.17. The summed E-state index contributed by atoms with van der Waals surface area (Å²) in [7, 11) is 0. The number of aromatic nitrogens is 1. The van der Waals surface area contributed by atoms with Crippen LogP contribution in [0.15, 0.2) is 30.5 Å². The van der Waals surface area contributed by atoms with E-state index in [-0.39, 0.29) is 19.3 Å². The minimum atomic E-state index is -1.34. The molecular formula is C18H21N5O5. The first-order valence-corrected chi connectivity index (χ1v) is 8.49. The number of fused-ring (bicyclic) bond motifs is 1. The van der Waals surface area contributed by atoms with E-state index in [1.807, 2.05) is 24.3 Å². The van der Waals surface area contributed by atoms with Gasteiger partial charge in [-0.1, -0.05) is 18.2 Å². The van der Waals surface area contributed by atoms with Crippen LogP contribution in [0.3, 0.4) is 0 Å². The average Bonchev–Trinajstić information content (AvgIpc) is 3.06. The van der Waals surface area contributed by atoms with Crippen molar-refractivity contribution in [2.75, 3.05) is 0 Å². The van der Waals surface area contributed by atoms with Gasteiger partial charge in [0, 0.05) is 29.9 Å². The number of amides is 3. The minimum absolute atomic E-state index is 0.0879. The highest BCUT2D eigenvalue weighted by Crippen LogP contribution is 2.19. The normalized spacial score (nSPS) is 12.7. The molecule has 2 atom stereocenters. The maximum atomic E-state index is 12.6. The summed E-state index contributed by atoms with van der Waals surface area (Å²) in [6, 6.07) is 4.03. The second-order valence-electron chi connectivity index (χ2n) is 6.17. The molecule has 0 aliphatic heterocycles.